The summed E-state index contributed by atoms with van der Waals surface area (Å²) < 4.78 is 0. The monoisotopic (exact) mass is 221 g/mol. The van der Waals surface area contributed by atoms with Gasteiger partial charge in [-0.25, -0.2) is 0 Å². The van der Waals surface area contributed by atoms with Gasteiger partial charge < -0.3 is 10.8 Å². The normalized spacial score (nSPS) is 12.9. The number of carboxylic acids is 1. The van der Waals surface area contributed by atoms with E-state index < -0.39 is 12.0 Å². The summed E-state index contributed by atoms with van der Waals surface area (Å²) in [5, 5.41) is 12.8. The summed E-state index contributed by atoms with van der Waals surface area (Å²) in [4.78, 5) is 10.6. The molecule has 0 aromatic heterocycles. The van der Waals surface area contributed by atoms with Crippen LogP contribution in [0.2, 0.25) is 0 Å². The molecule has 0 amide bonds. The lowest BCUT2D eigenvalue weighted by Crippen LogP contribution is -2.32. The molecule has 78 valence electrons. The smallest absolute Gasteiger partial charge is 0.320 e. The van der Waals surface area contributed by atoms with E-state index in [9.17, 15) is 4.79 Å². The van der Waals surface area contributed by atoms with E-state index in [0.717, 1.165) is 16.7 Å². The Balaban J connectivity index is 2.26. The first-order valence-corrected chi connectivity index (χ1v) is 5.55. The molecule has 3 nitrogen and oxygen atoms in total. The fourth-order valence-corrected chi connectivity index (χ4v) is 2.29. The lowest BCUT2D eigenvalue weighted by Gasteiger charge is -2.07. The molecule has 0 aromatic carbocycles. The van der Waals surface area contributed by atoms with Gasteiger partial charge >= 0.3 is 5.97 Å². The van der Waals surface area contributed by atoms with Crippen LogP contribution in [-0.4, -0.2) is 17.1 Å². The van der Waals surface area contributed by atoms with Crippen LogP contribution in [0.4, 0.5) is 0 Å². The quantitative estimate of drug-likeness (QED) is 0.830. The number of hydrogen-bond donors (Lipinski definition) is 2. The molecule has 15 heavy (non-hydrogen) atoms. The average Bonchev–Trinajstić information content (AvgIpc) is 2.62. The third-order valence-electron chi connectivity index (χ3n) is 2.39. The summed E-state index contributed by atoms with van der Waals surface area (Å²) in [6.45, 7) is 0. The molecule has 1 atom stereocenters. The van der Waals surface area contributed by atoms with E-state index >= 15 is 0 Å². The summed E-state index contributed by atoms with van der Waals surface area (Å²) in [6, 6.07) is 5.14. The zero-order valence-corrected chi connectivity index (χ0v) is 8.83. The molecule has 2 rings (SSSR count). The van der Waals surface area contributed by atoms with Gasteiger partial charge in [-0.05, 0) is 39.9 Å². The van der Waals surface area contributed by atoms with Crippen LogP contribution in [-0.2, 0) is 11.2 Å². The predicted octanol–water partition coefficient (Wildman–Crippen LogP) is 1.81. The van der Waals surface area contributed by atoms with Gasteiger partial charge in [0, 0.05) is 0 Å². The SMILES string of the molecule is NC(Cc1ccc2ccscc1-2)C(=O)O. The van der Waals surface area contributed by atoms with Gasteiger partial charge in [0.15, 0.2) is 0 Å². The molecule has 1 heterocycles. The number of hydrogen-bond acceptors (Lipinski definition) is 3. The average molecular weight is 221 g/mol. The molecule has 0 saturated carbocycles. The highest BCUT2D eigenvalue weighted by Crippen LogP contribution is 2.29. The zero-order valence-electron chi connectivity index (χ0n) is 8.01. The van der Waals surface area contributed by atoms with Crippen LogP contribution in [0.5, 0.6) is 0 Å². The molecule has 0 bridgehead atoms. The van der Waals surface area contributed by atoms with Crippen molar-refractivity contribution in [3.05, 3.63) is 34.5 Å². The van der Waals surface area contributed by atoms with E-state index in [1.54, 1.807) is 11.3 Å². The molecular formula is C11H11NO2S. The molecule has 1 aliphatic heterocycles. The Hall–Kier alpha value is -1.39. The van der Waals surface area contributed by atoms with Crippen molar-refractivity contribution in [3.63, 3.8) is 0 Å². The van der Waals surface area contributed by atoms with E-state index in [2.05, 4.69) is 0 Å². The molecule has 0 aromatic rings. The molecule has 0 saturated heterocycles. The minimum Gasteiger partial charge on any atom is -0.480 e. The second-order valence-corrected chi connectivity index (χ2v) is 4.21. The Labute approximate surface area is 91.5 Å². The molecule has 0 fully saturated rings. The highest BCUT2D eigenvalue weighted by atomic mass is 32.1. The van der Waals surface area contributed by atoms with E-state index in [4.69, 9.17) is 10.8 Å². The first kappa shape index (κ1) is 10.1. The van der Waals surface area contributed by atoms with Crippen LogP contribution >= 0.6 is 11.3 Å². The molecule has 2 aliphatic rings. The predicted molar refractivity (Wildman–Crippen MR) is 60.3 cm³/mol. The Morgan fingerprint density at radius 2 is 2.27 bits per heavy atom. The summed E-state index contributed by atoms with van der Waals surface area (Å²) >= 11 is 1.60. The van der Waals surface area contributed by atoms with E-state index in [0.29, 0.717) is 6.42 Å². The van der Waals surface area contributed by atoms with Crippen LogP contribution in [0.1, 0.15) is 5.56 Å². The summed E-state index contributed by atoms with van der Waals surface area (Å²) in [6.07, 6.45) is 0.384. The topological polar surface area (TPSA) is 63.3 Å². The van der Waals surface area contributed by atoms with Gasteiger partial charge in [0.1, 0.15) is 6.04 Å². The molecule has 1 unspecified atom stereocenters. The molecule has 1 aliphatic carbocycles. The number of fused-ring (bicyclic) bond motifs is 1. The van der Waals surface area contributed by atoms with Gasteiger partial charge in [0.2, 0.25) is 0 Å². The third kappa shape index (κ3) is 2.00. The van der Waals surface area contributed by atoms with Crippen molar-refractivity contribution in [2.75, 3.05) is 0 Å². The highest BCUT2D eigenvalue weighted by molar-refractivity contribution is 7.07. The van der Waals surface area contributed by atoms with E-state index in [1.807, 2.05) is 29.0 Å². The summed E-state index contributed by atoms with van der Waals surface area (Å²) in [7, 11) is 0. The molecule has 3 N–H and O–H groups in total. The van der Waals surface area contributed by atoms with E-state index in [1.165, 1.54) is 0 Å². The van der Waals surface area contributed by atoms with Crippen LogP contribution in [0, 0.1) is 0 Å². The standard InChI is InChI=1S/C11H11NO2S/c12-10(11(13)14)5-8-2-1-7-3-4-15-6-9(7)8/h1-4,6,10H,5,12H2,(H,13,14). The first-order valence-electron chi connectivity index (χ1n) is 4.60. The zero-order chi connectivity index (χ0) is 10.8. The number of carbonyl (C=O) groups is 1. The summed E-state index contributed by atoms with van der Waals surface area (Å²) in [5.41, 5.74) is 8.76. The Bertz CT molecular complexity index is 452. The van der Waals surface area contributed by atoms with Gasteiger partial charge in [-0.2, -0.15) is 11.3 Å². The van der Waals surface area contributed by atoms with Crippen molar-refractivity contribution >= 4 is 17.3 Å². The van der Waals surface area contributed by atoms with Gasteiger partial charge in [-0.3, -0.25) is 4.79 Å². The largest absolute Gasteiger partial charge is 0.480 e. The van der Waals surface area contributed by atoms with Crippen LogP contribution in [0.3, 0.4) is 0 Å². The first-order chi connectivity index (χ1) is 7.18. The Morgan fingerprint density at radius 3 is 3.00 bits per heavy atom. The Morgan fingerprint density at radius 1 is 1.47 bits per heavy atom. The number of nitrogens with two attached hydrogens (primary N) is 1. The van der Waals surface area contributed by atoms with Crippen molar-refractivity contribution < 1.29 is 9.90 Å². The number of carboxylic acid groups (broad SMARTS) is 1. The van der Waals surface area contributed by atoms with Gasteiger partial charge in [-0.1, -0.05) is 12.1 Å². The van der Waals surface area contributed by atoms with Crippen molar-refractivity contribution in [1.29, 1.82) is 0 Å². The number of rotatable bonds is 3. The van der Waals surface area contributed by atoms with Crippen LogP contribution in [0.15, 0.2) is 29.0 Å². The fraction of sp³-hybridized carbons (Fsp3) is 0.182. The van der Waals surface area contributed by atoms with Crippen molar-refractivity contribution in [2.24, 2.45) is 5.73 Å². The van der Waals surface area contributed by atoms with Gasteiger partial charge in [0.25, 0.3) is 0 Å². The van der Waals surface area contributed by atoms with Crippen LogP contribution in [0.25, 0.3) is 11.1 Å². The molecule has 0 radical (unpaired) electrons. The highest BCUT2D eigenvalue weighted by Gasteiger charge is 2.16. The third-order valence-corrected chi connectivity index (χ3v) is 3.06. The van der Waals surface area contributed by atoms with Crippen LogP contribution < -0.4 is 5.73 Å². The maximum absolute atomic E-state index is 10.6. The second kappa shape index (κ2) is 4.00. The lowest BCUT2D eigenvalue weighted by molar-refractivity contribution is -0.138. The fourth-order valence-electron chi connectivity index (χ4n) is 1.57. The van der Waals surface area contributed by atoms with Crippen molar-refractivity contribution in [3.8, 4) is 11.1 Å². The van der Waals surface area contributed by atoms with Gasteiger partial charge in [0.05, 0.1) is 0 Å². The van der Waals surface area contributed by atoms with E-state index in [-0.39, 0.29) is 0 Å². The maximum Gasteiger partial charge on any atom is 0.320 e. The second-order valence-electron chi connectivity index (χ2n) is 3.43. The minimum absolute atomic E-state index is 0.384. The lowest BCUT2D eigenvalue weighted by atomic mass is 10.0. The minimum atomic E-state index is -0.955. The number of aliphatic carboxylic acids is 1. The molecule has 0 spiro atoms. The molecule has 4 heteroatoms. The maximum atomic E-state index is 10.6. The summed E-state index contributed by atoms with van der Waals surface area (Å²) in [5.74, 6) is -0.955. The van der Waals surface area contributed by atoms with Crippen molar-refractivity contribution in [2.45, 2.75) is 12.5 Å². The molecular weight excluding hydrogens is 210 g/mol. The Kier molecular flexibility index (Phi) is 2.70. The van der Waals surface area contributed by atoms with Gasteiger partial charge in [-0.15, -0.1) is 0 Å². The van der Waals surface area contributed by atoms with Crippen molar-refractivity contribution in [1.82, 2.24) is 0 Å².